The van der Waals surface area contributed by atoms with Crippen molar-refractivity contribution < 1.29 is 9.53 Å². The standard InChI is InChI=1S/C12H23NO2/c1-2-3-4-5-10-15-12(14)11-6-8-13-9-7-11/h11,13H,2-10H2,1H3. The van der Waals surface area contributed by atoms with Crippen LogP contribution in [0.3, 0.4) is 0 Å². The van der Waals surface area contributed by atoms with Crippen molar-refractivity contribution in [3.05, 3.63) is 0 Å². The summed E-state index contributed by atoms with van der Waals surface area (Å²) in [6.07, 6.45) is 6.54. The average molecular weight is 213 g/mol. The quantitative estimate of drug-likeness (QED) is 0.542. The molecular formula is C12H23NO2. The highest BCUT2D eigenvalue weighted by Crippen LogP contribution is 2.13. The maximum absolute atomic E-state index is 11.6. The van der Waals surface area contributed by atoms with Crippen LogP contribution in [0.25, 0.3) is 0 Å². The van der Waals surface area contributed by atoms with Crippen LogP contribution in [0.1, 0.15) is 45.4 Å². The van der Waals surface area contributed by atoms with Gasteiger partial charge in [-0.25, -0.2) is 0 Å². The molecule has 0 unspecified atom stereocenters. The summed E-state index contributed by atoms with van der Waals surface area (Å²) in [5.74, 6) is 0.172. The van der Waals surface area contributed by atoms with Gasteiger partial charge in [-0.15, -0.1) is 0 Å². The summed E-state index contributed by atoms with van der Waals surface area (Å²) < 4.78 is 5.26. The number of carbonyl (C=O) groups is 1. The number of hydrogen-bond donors (Lipinski definition) is 1. The molecule has 3 heteroatoms. The molecule has 1 rings (SSSR count). The molecule has 1 N–H and O–H groups in total. The van der Waals surface area contributed by atoms with Crippen LogP contribution in [0.15, 0.2) is 0 Å². The van der Waals surface area contributed by atoms with Crippen molar-refractivity contribution in [1.29, 1.82) is 0 Å². The SMILES string of the molecule is CCCCCCOC(=O)C1CCNCC1. The first-order valence-corrected chi connectivity index (χ1v) is 6.22. The van der Waals surface area contributed by atoms with Gasteiger partial charge in [-0.2, -0.15) is 0 Å². The molecule has 0 atom stereocenters. The molecule has 0 spiro atoms. The normalized spacial score (nSPS) is 17.7. The Hall–Kier alpha value is -0.570. The largest absolute Gasteiger partial charge is 0.465 e. The van der Waals surface area contributed by atoms with Gasteiger partial charge in [-0.3, -0.25) is 4.79 Å². The zero-order chi connectivity index (χ0) is 10.9. The Morgan fingerprint density at radius 1 is 1.27 bits per heavy atom. The fourth-order valence-corrected chi connectivity index (χ4v) is 1.88. The van der Waals surface area contributed by atoms with Gasteiger partial charge in [0.1, 0.15) is 0 Å². The van der Waals surface area contributed by atoms with E-state index in [2.05, 4.69) is 12.2 Å². The van der Waals surface area contributed by atoms with Crippen molar-refractivity contribution in [2.24, 2.45) is 5.92 Å². The van der Waals surface area contributed by atoms with Crippen LogP contribution in [-0.2, 0) is 9.53 Å². The molecule has 0 aromatic rings. The van der Waals surface area contributed by atoms with Crippen molar-refractivity contribution in [1.82, 2.24) is 5.32 Å². The Labute approximate surface area is 92.6 Å². The maximum Gasteiger partial charge on any atom is 0.309 e. The second-order valence-electron chi connectivity index (χ2n) is 4.25. The van der Waals surface area contributed by atoms with Gasteiger partial charge in [0.2, 0.25) is 0 Å². The Morgan fingerprint density at radius 3 is 2.67 bits per heavy atom. The zero-order valence-electron chi connectivity index (χ0n) is 9.76. The number of ether oxygens (including phenoxy) is 1. The highest BCUT2D eigenvalue weighted by atomic mass is 16.5. The van der Waals surface area contributed by atoms with Crippen molar-refractivity contribution in [2.75, 3.05) is 19.7 Å². The van der Waals surface area contributed by atoms with Gasteiger partial charge in [0.15, 0.2) is 0 Å². The number of nitrogens with one attached hydrogen (secondary N) is 1. The Bertz CT molecular complexity index is 176. The summed E-state index contributed by atoms with van der Waals surface area (Å²) in [6, 6.07) is 0. The molecule has 0 aromatic heterocycles. The van der Waals surface area contributed by atoms with E-state index >= 15 is 0 Å². The summed E-state index contributed by atoms with van der Waals surface area (Å²) in [5, 5.41) is 3.25. The van der Waals surface area contributed by atoms with Gasteiger partial charge in [-0.05, 0) is 32.4 Å². The second kappa shape index (κ2) is 7.69. The summed E-state index contributed by atoms with van der Waals surface area (Å²) >= 11 is 0. The van der Waals surface area contributed by atoms with Gasteiger partial charge in [0, 0.05) is 0 Å². The Kier molecular flexibility index (Phi) is 6.41. The van der Waals surface area contributed by atoms with Gasteiger partial charge in [0.25, 0.3) is 0 Å². The molecule has 1 saturated heterocycles. The van der Waals surface area contributed by atoms with Crippen LogP contribution >= 0.6 is 0 Å². The number of rotatable bonds is 6. The lowest BCUT2D eigenvalue weighted by molar-refractivity contribution is -0.149. The minimum Gasteiger partial charge on any atom is -0.465 e. The summed E-state index contributed by atoms with van der Waals surface area (Å²) in [4.78, 5) is 11.6. The van der Waals surface area contributed by atoms with Crippen LogP contribution in [-0.4, -0.2) is 25.7 Å². The molecule has 15 heavy (non-hydrogen) atoms. The third-order valence-electron chi connectivity index (χ3n) is 2.91. The fraction of sp³-hybridized carbons (Fsp3) is 0.917. The van der Waals surface area contributed by atoms with Gasteiger partial charge < -0.3 is 10.1 Å². The van der Waals surface area contributed by atoms with Crippen molar-refractivity contribution in [2.45, 2.75) is 45.4 Å². The third-order valence-corrected chi connectivity index (χ3v) is 2.91. The first-order chi connectivity index (χ1) is 7.34. The molecule has 3 nitrogen and oxygen atoms in total. The van der Waals surface area contributed by atoms with Gasteiger partial charge in [0.05, 0.1) is 12.5 Å². The molecule has 1 fully saturated rings. The molecule has 0 saturated carbocycles. The molecule has 0 amide bonds. The predicted molar refractivity (Wildman–Crippen MR) is 60.7 cm³/mol. The minimum atomic E-state index is 0.0213. The number of hydrogen-bond acceptors (Lipinski definition) is 3. The van der Waals surface area contributed by atoms with E-state index in [1.807, 2.05) is 0 Å². The molecule has 1 aliphatic rings. The predicted octanol–water partition coefficient (Wildman–Crippen LogP) is 2.11. The van der Waals surface area contributed by atoms with E-state index in [0.29, 0.717) is 6.61 Å². The lowest BCUT2D eigenvalue weighted by Gasteiger charge is -2.20. The summed E-state index contributed by atoms with van der Waals surface area (Å²) in [6.45, 7) is 4.70. The maximum atomic E-state index is 11.6. The van der Waals surface area contributed by atoms with E-state index in [1.54, 1.807) is 0 Å². The van der Waals surface area contributed by atoms with E-state index in [-0.39, 0.29) is 11.9 Å². The van der Waals surface area contributed by atoms with Crippen LogP contribution in [0.5, 0.6) is 0 Å². The Balaban J connectivity index is 2.02. The highest BCUT2D eigenvalue weighted by molar-refractivity contribution is 5.72. The fourth-order valence-electron chi connectivity index (χ4n) is 1.88. The first-order valence-electron chi connectivity index (χ1n) is 6.22. The molecule has 88 valence electrons. The number of carbonyl (C=O) groups excluding carboxylic acids is 1. The second-order valence-corrected chi connectivity index (χ2v) is 4.25. The molecule has 1 aliphatic heterocycles. The van der Waals surface area contributed by atoms with Gasteiger partial charge in [-0.1, -0.05) is 26.2 Å². The van der Waals surface area contributed by atoms with Crippen LogP contribution in [0, 0.1) is 5.92 Å². The smallest absolute Gasteiger partial charge is 0.309 e. The van der Waals surface area contributed by atoms with E-state index in [0.717, 1.165) is 32.4 Å². The molecular weight excluding hydrogens is 190 g/mol. The lowest BCUT2D eigenvalue weighted by atomic mass is 9.99. The van der Waals surface area contributed by atoms with Crippen LogP contribution in [0.2, 0.25) is 0 Å². The summed E-state index contributed by atoms with van der Waals surface area (Å²) in [5.41, 5.74) is 0. The Morgan fingerprint density at radius 2 is 2.00 bits per heavy atom. The number of esters is 1. The van der Waals surface area contributed by atoms with E-state index in [1.165, 1.54) is 19.3 Å². The van der Waals surface area contributed by atoms with Crippen molar-refractivity contribution in [3.63, 3.8) is 0 Å². The lowest BCUT2D eigenvalue weighted by Crippen LogP contribution is -2.32. The molecule has 0 aromatic carbocycles. The van der Waals surface area contributed by atoms with E-state index < -0.39 is 0 Å². The van der Waals surface area contributed by atoms with Crippen LogP contribution in [0.4, 0.5) is 0 Å². The third kappa shape index (κ3) is 5.17. The number of piperidine rings is 1. The molecule has 0 bridgehead atoms. The van der Waals surface area contributed by atoms with E-state index in [9.17, 15) is 4.79 Å². The minimum absolute atomic E-state index is 0.0213. The average Bonchev–Trinajstić information content (AvgIpc) is 2.30. The number of unbranched alkanes of at least 4 members (excludes halogenated alkanes) is 3. The van der Waals surface area contributed by atoms with Gasteiger partial charge >= 0.3 is 5.97 Å². The topological polar surface area (TPSA) is 38.3 Å². The molecule has 1 heterocycles. The van der Waals surface area contributed by atoms with Crippen LogP contribution < -0.4 is 5.32 Å². The first kappa shape index (κ1) is 12.5. The zero-order valence-corrected chi connectivity index (χ0v) is 9.76. The molecule has 0 aliphatic carbocycles. The molecule has 0 radical (unpaired) electrons. The highest BCUT2D eigenvalue weighted by Gasteiger charge is 2.21. The van der Waals surface area contributed by atoms with Crippen molar-refractivity contribution >= 4 is 5.97 Å². The van der Waals surface area contributed by atoms with E-state index in [4.69, 9.17) is 4.74 Å². The van der Waals surface area contributed by atoms with Crippen molar-refractivity contribution in [3.8, 4) is 0 Å². The summed E-state index contributed by atoms with van der Waals surface area (Å²) in [7, 11) is 0. The monoisotopic (exact) mass is 213 g/mol.